The molecule has 0 bridgehead atoms. The molecule has 0 fully saturated rings. The largest absolute Gasteiger partial charge is 0.493 e. The number of aromatic hydroxyl groups is 1. The Morgan fingerprint density at radius 2 is 1.88 bits per heavy atom. The molecule has 2 heterocycles. The van der Waals surface area contributed by atoms with Crippen LogP contribution >= 0.6 is 11.8 Å². The molecule has 0 saturated carbocycles. The van der Waals surface area contributed by atoms with Crippen molar-refractivity contribution in [3.05, 3.63) is 69.5 Å². The minimum atomic E-state index is -1.13. The van der Waals surface area contributed by atoms with Gasteiger partial charge in [-0.25, -0.2) is 4.79 Å². The molecular formula is C24H24N2O6S. The van der Waals surface area contributed by atoms with E-state index in [2.05, 4.69) is 11.9 Å². The van der Waals surface area contributed by atoms with Crippen LogP contribution in [0.15, 0.2) is 52.4 Å². The molecule has 1 aliphatic heterocycles. The van der Waals surface area contributed by atoms with Crippen LogP contribution in [0.1, 0.15) is 47.4 Å². The third-order valence-corrected chi connectivity index (χ3v) is 6.39. The highest BCUT2D eigenvalue weighted by Crippen LogP contribution is 2.45. The van der Waals surface area contributed by atoms with E-state index < -0.39 is 23.5 Å². The smallest absolute Gasteiger partial charge is 0.343 e. The van der Waals surface area contributed by atoms with E-state index in [0.29, 0.717) is 22.2 Å². The second-order valence-electron chi connectivity index (χ2n) is 7.36. The highest BCUT2D eigenvalue weighted by Gasteiger charge is 2.40. The Morgan fingerprint density at radius 3 is 2.55 bits per heavy atom. The van der Waals surface area contributed by atoms with Crippen molar-refractivity contribution in [3.63, 3.8) is 0 Å². The molecule has 172 valence electrons. The fourth-order valence-corrected chi connectivity index (χ4v) is 4.84. The van der Waals surface area contributed by atoms with Gasteiger partial charge in [-0.1, -0.05) is 49.4 Å². The van der Waals surface area contributed by atoms with E-state index in [1.807, 2.05) is 18.2 Å². The van der Waals surface area contributed by atoms with Crippen molar-refractivity contribution >= 4 is 17.7 Å². The van der Waals surface area contributed by atoms with Gasteiger partial charge in [-0.15, -0.1) is 0 Å². The zero-order chi connectivity index (χ0) is 23.5. The molecule has 1 atom stereocenters. The number of cyclic esters (lactones) is 1. The van der Waals surface area contributed by atoms with Gasteiger partial charge in [0.15, 0.2) is 22.8 Å². The Balaban J connectivity index is 1.90. The van der Waals surface area contributed by atoms with E-state index in [9.17, 15) is 14.7 Å². The van der Waals surface area contributed by atoms with E-state index >= 15 is 0 Å². The lowest BCUT2D eigenvalue weighted by atomic mass is 9.99. The van der Waals surface area contributed by atoms with Crippen molar-refractivity contribution in [1.82, 2.24) is 9.55 Å². The van der Waals surface area contributed by atoms with Crippen LogP contribution in [-0.2, 0) is 4.74 Å². The topological polar surface area (TPSA) is 99.9 Å². The van der Waals surface area contributed by atoms with Gasteiger partial charge in [-0.2, -0.15) is 4.98 Å². The summed E-state index contributed by atoms with van der Waals surface area (Å²) in [4.78, 5) is 30.8. The van der Waals surface area contributed by atoms with Gasteiger partial charge in [0.25, 0.3) is 5.56 Å². The number of para-hydroxylation sites is 1. The number of rotatable bonds is 8. The summed E-state index contributed by atoms with van der Waals surface area (Å²) in [5.41, 5.74) is 0.546. The SMILES string of the molecule is CCCCSc1nc(O)c([C@@H]2OC(=O)c3c2ccc(OC)c3OC)c(=O)n1-c1ccccc1. The van der Waals surface area contributed by atoms with Crippen LogP contribution in [0.3, 0.4) is 0 Å². The highest BCUT2D eigenvalue weighted by atomic mass is 32.2. The molecule has 2 aromatic carbocycles. The van der Waals surface area contributed by atoms with Crippen LogP contribution in [0, 0.1) is 0 Å². The number of esters is 1. The number of hydrogen-bond acceptors (Lipinski definition) is 8. The Bertz CT molecular complexity index is 1240. The average molecular weight is 469 g/mol. The van der Waals surface area contributed by atoms with Crippen molar-refractivity contribution in [1.29, 1.82) is 0 Å². The molecule has 1 aromatic heterocycles. The quantitative estimate of drug-likeness (QED) is 0.228. The maximum Gasteiger partial charge on any atom is 0.343 e. The number of carbonyl (C=O) groups is 1. The summed E-state index contributed by atoms with van der Waals surface area (Å²) in [6, 6.07) is 12.3. The second-order valence-corrected chi connectivity index (χ2v) is 8.42. The molecule has 33 heavy (non-hydrogen) atoms. The molecule has 3 aromatic rings. The molecule has 0 saturated heterocycles. The molecule has 1 N–H and O–H groups in total. The van der Waals surface area contributed by atoms with Crippen molar-refractivity contribution in [2.75, 3.05) is 20.0 Å². The third kappa shape index (κ3) is 4.04. The highest BCUT2D eigenvalue weighted by molar-refractivity contribution is 7.99. The van der Waals surface area contributed by atoms with Crippen LogP contribution in [0.4, 0.5) is 0 Å². The Morgan fingerprint density at radius 1 is 1.12 bits per heavy atom. The number of unbranched alkanes of at least 4 members (excludes halogenated alkanes) is 1. The normalized spacial score (nSPS) is 14.6. The first-order valence-corrected chi connectivity index (χ1v) is 11.5. The summed E-state index contributed by atoms with van der Waals surface area (Å²) in [6.45, 7) is 2.08. The molecule has 0 unspecified atom stereocenters. The van der Waals surface area contributed by atoms with Gasteiger partial charge < -0.3 is 19.3 Å². The van der Waals surface area contributed by atoms with E-state index in [1.54, 1.807) is 24.3 Å². The maximum atomic E-state index is 13.7. The standard InChI is InChI=1S/C24H24N2O6S/c1-4-5-13-33-24-25-21(27)18(22(28)26(24)14-9-7-6-8-10-14)19-15-11-12-16(30-2)20(31-3)17(15)23(29)32-19/h6-12,19,27H,4-5,13H2,1-3H3/t19-/m1/s1. The first-order chi connectivity index (χ1) is 16.0. The molecular weight excluding hydrogens is 444 g/mol. The molecule has 8 nitrogen and oxygen atoms in total. The second kappa shape index (κ2) is 9.58. The van der Waals surface area contributed by atoms with Crippen molar-refractivity contribution < 1.29 is 24.1 Å². The summed E-state index contributed by atoms with van der Waals surface area (Å²) in [5, 5.41) is 11.2. The minimum Gasteiger partial charge on any atom is -0.493 e. The van der Waals surface area contributed by atoms with Crippen molar-refractivity contribution in [2.45, 2.75) is 31.0 Å². The third-order valence-electron chi connectivity index (χ3n) is 5.36. The summed E-state index contributed by atoms with van der Waals surface area (Å²) >= 11 is 1.39. The number of ether oxygens (including phenoxy) is 3. The van der Waals surface area contributed by atoms with E-state index in [4.69, 9.17) is 14.2 Å². The zero-order valence-corrected chi connectivity index (χ0v) is 19.3. The van der Waals surface area contributed by atoms with Gasteiger partial charge >= 0.3 is 5.97 Å². The monoisotopic (exact) mass is 468 g/mol. The maximum absolute atomic E-state index is 13.7. The fraction of sp³-hybridized carbons (Fsp3) is 0.292. The Labute approximate surface area is 195 Å². The van der Waals surface area contributed by atoms with Gasteiger partial charge in [0.2, 0.25) is 5.88 Å². The summed E-state index contributed by atoms with van der Waals surface area (Å²) in [7, 11) is 2.88. The molecule has 0 amide bonds. The summed E-state index contributed by atoms with van der Waals surface area (Å²) in [5.74, 6) is 0.182. The first kappa shape index (κ1) is 22.7. The minimum absolute atomic E-state index is 0.113. The first-order valence-electron chi connectivity index (χ1n) is 10.5. The van der Waals surface area contributed by atoms with E-state index in [-0.39, 0.29) is 16.9 Å². The Kier molecular flexibility index (Phi) is 6.60. The number of thioether (sulfide) groups is 1. The van der Waals surface area contributed by atoms with Crippen molar-refractivity contribution in [2.24, 2.45) is 0 Å². The van der Waals surface area contributed by atoms with Crippen LogP contribution < -0.4 is 15.0 Å². The fourth-order valence-electron chi connectivity index (χ4n) is 3.76. The number of benzene rings is 2. The lowest BCUT2D eigenvalue weighted by molar-refractivity contribution is 0.0447. The van der Waals surface area contributed by atoms with Crippen LogP contribution in [-0.4, -0.2) is 40.6 Å². The summed E-state index contributed by atoms with van der Waals surface area (Å²) in [6.07, 6.45) is 0.803. The number of nitrogens with zero attached hydrogens (tertiary/aromatic N) is 2. The van der Waals surface area contributed by atoms with Gasteiger partial charge in [-0.3, -0.25) is 9.36 Å². The molecule has 0 radical (unpaired) electrons. The average Bonchev–Trinajstić information content (AvgIpc) is 3.15. The molecule has 0 aliphatic carbocycles. The van der Waals surface area contributed by atoms with Gasteiger partial charge in [0.1, 0.15) is 11.1 Å². The lowest BCUT2D eigenvalue weighted by Gasteiger charge is -2.17. The van der Waals surface area contributed by atoms with Crippen molar-refractivity contribution in [3.8, 4) is 23.1 Å². The van der Waals surface area contributed by atoms with Gasteiger partial charge in [-0.05, 0) is 24.6 Å². The molecule has 0 spiro atoms. The van der Waals surface area contributed by atoms with E-state index in [0.717, 1.165) is 18.6 Å². The van der Waals surface area contributed by atoms with Crippen LogP contribution in [0.2, 0.25) is 0 Å². The molecule has 4 rings (SSSR count). The lowest BCUT2D eigenvalue weighted by Crippen LogP contribution is -2.27. The van der Waals surface area contributed by atoms with Crippen LogP contribution in [0.5, 0.6) is 17.4 Å². The van der Waals surface area contributed by atoms with Gasteiger partial charge in [0, 0.05) is 11.3 Å². The van der Waals surface area contributed by atoms with Gasteiger partial charge in [0.05, 0.1) is 19.9 Å². The number of hydrogen-bond donors (Lipinski definition) is 1. The summed E-state index contributed by atoms with van der Waals surface area (Å²) < 4.78 is 17.6. The molecule has 9 heteroatoms. The number of carbonyl (C=O) groups excluding carboxylic acids is 1. The predicted molar refractivity (Wildman–Crippen MR) is 124 cm³/mol. The molecule has 1 aliphatic rings. The number of fused-ring (bicyclic) bond motifs is 1. The zero-order valence-electron chi connectivity index (χ0n) is 18.5. The predicted octanol–water partition coefficient (Wildman–Crippen LogP) is 4.11. The van der Waals surface area contributed by atoms with E-state index in [1.165, 1.54) is 30.5 Å². The Hall–Kier alpha value is -3.46. The number of methoxy groups -OCH3 is 2. The number of aromatic nitrogens is 2. The van der Waals surface area contributed by atoms with Crippen LogP contribution in [0.25, 0.3) is 5.69 Å².